The highest BCUT2D eigenvalue weighted by atomic mass is 16.5. The average Bonchev–Trinajstić information content (AvgIpc) is 2.64. The van der Waals surface area contributed by atoms with Gasteiger partial charge in [-0.1, -0.05) is 12.5 Å². The number of amides is 1. The number of hydrogen-bond donors (Lipinski definition) is 1. The SMILES string of the molecule is COc1cccc(OC)c1C(=O)N1CCN(CCCCCN)CC1. The largest absolute Gasteiger partial charge is 0.496 e. The molecule has 0 bridgehead atoms. The van der Waals surface area contributed by atoms with Crippen LogP contribution in [-0.4, -0.2) is 69.2 Å². The highest BCUT2D eigenvalue weighted by Crippen LogP contribution is 2.29. The zero-order valence-electron chi connectivity index (χ0n) is 14.8. The number of rotatable bonds is 8. The van der Waals surface area contributed by atoms with E-state index in [1.165, 1.54) is 12.8 Å². The Kier molecular flexibility index (Phi) is 7.34. The van der Waals surface area contributed by atoms with E-state index < -0.39 is 0 Å². The van der Waals surface area contributed by atoms with Crippen LogP contribution >= 0.6 is 0 Å². The third-order valence-corrected chi connectivity index (χ3v) is 4.48. The summed E-state index contributed by atoms with van der Waals surface area (Å²) in [6, 6.07) is 5.42. The molecule has 1 fully saturated rings. The monoisotopic (exact) mass is 335 g/mol. The third-order valence-electron chi connectivity index (χ3n) is 4.48. The van der Waals surface area contributed by atoms with E-state index in [4.69, 9.17) is 15.2 Å². The molecule has 1 aliphatic rings. The molecule has 1 amide bonds. The van der Waals surface area contributed by atoms with Crippen LogP contribution in [0.4, 0.5) is 0 Å². The normalized spacial score (nSPS) is 15.4. The number of piperazine rings is 1. The number of methoxy groups -OCH3 is 2. The van der Waals surface area contributed by atoms with Gasteiger partial charge in [0.05, 0.1) is 14.2 Å². The van der Waals surface area contributed by atoms with E-state index in [9.17, 15) is 4.79 Å². The Bertz CT molecular complexity index is 506. The second kappa shape index (κ2) is 9.49. The molecule has 0 aromatic heterocycles. The van der Waals surface area contributed by atoms with E-state index >= 15 is 0 Å². The maximum atomic E-state index is 12.9. The first-order chi connectivity index (χ1) is 11.7. The van der Waals surface area contributed by atoms with Crippen LogP contribution in [0.3, 0.4) is 0 Å². The summed E-state index contributed by atoms with van der Waals surface area (Å²) in [6.07, 6.45) is 3.44. The molecular weight excluding hydrogens is 306 g/mol. The van der Waals surface area contributed by atoms with Gasteiger partial charge in [0, 0.05) is 26.2 Å². The fraction of sp³-hybridized carbons (Fsp3) is 0.611. The predicted octanol–water partition coefficient (Wildman–Crippen LogP) is 1.59. The van der Waals surface area contributed by atoms with Gasteiger partial charge in [-0.3, -0.25) is 9.69 Å². The van der Waals surface area contributed by atoms with Crippen molar-refractivity contribution in [2.75, 3.05) is 53.5 Å². The molecule has 2 rings (SSSR count). The number of carbonyl (C=O) groups excluding carboxylic acids is 1. The highest BCUT2D eigenvalue weighted by molar-refractivity contribution is 5.99. The van der Waals surface area contributed by atoms with Gasteiger partial charge >= 0.3 is 0 Å². The van der Waals surface area contributed by atoms with Crippen LogP contribution in [0.5, 0.6) is 11.5 Å². The third kappa shape index (κ3) is 4.61. The van der Waals surface area contributed by atoms with Crippen LogP contribution in [0.15, 0.2) is 18.2 Å². The quantitative estimate of drug-likeness (QED) is 0.731. The Morgan fingerprint density at radius 2 is 1.67 bits per heavy atom. The van der Waals surface area contributed by atoms with Crippen LogP contribution < -0.4 is 15.2 Å². The van der Waals surface area contributed by atoms with Gasteiger partial charge in [-0.05, 0) is 38.1 Å². The van der Waals surface area contributed by atoms with E-state index in [0.29, 0.717) is 17.1 Å². The van der Waals surface area contributed by atoms with Crippen molar-refractivity contribution in [2.24, 2.45) is 5.73 Å². The van der Waals surface area contributed by atoms with Crippen molar-refractivity contribution in [1.82, 2.24) is 9.80 Å². The Labute approximate surface area is 144 Å². The molecule has 1 aromatic rings. The lowest BCUT2D eigenvalue weighted by atomic mass is 10.1. The summed E-state index contributed by atoms with van der Waals surface area (Å²) in [5, 5.41) is 0. The van der Waals surface area contributed by atoms with Gasteiger partial charge in [0.2, 0.25) is 0 Å². The van der Waals surface area contributed by atoms with Gasteiger partial charge in [0.15, 0.2) is 0 Å². The molecular formula is C18H29N3O3. The first kappa shape index (κ1) is 18.5. The van der Waals surface area contributed by atoms with E-state index in [-0.39, 0.29) is 5.91 Å². The Hall–Kier alpha value is -1.79. The van der Waals surface area contributed by atoms with E-state index in [2.05, 4.69) is 4.90 Å². The van der Waals surface area contributed by atoms with E-state index in [1.807, 2.05) is 11.0 Å². The van der Waals surface area contributed by atoms with E-state index in [1.54, 1.807) is 26.4 Å². The summed E-state index contributed by atoms with van der Waals surface area (Å²) in [6.45, 7) is 5.13. The summed E-state index contributed by atoms with van der Waals surface area (Å²) in [7, 11) is 3.15. The Balaban J connectivity index is 1.94. The fourth-order valence-electron chi connectivity index (χ4n) is 3.05. The van der Waals surface area contributed by atoms with Gasteiger partial charge < -0.3 is 20.1 Å². The number of nitrogens with two attached hydrogens (primary N) is 1. The molecule has 24 heavy (non-hydrogen) atoms. The molecule has 0 saturated carbocycles. The molecule has 1 heterocycles. The topological polar surface area (TPSA) is 68.0 Å². The lowest BCUT2D eigenvalue weighted by Gasteiger charge is -2.35. The minimum Gasteiger partial charge on any atom is -0.496 e. The number of hydrogen-bond acceptors (Lipinski definition) is 5. The summed E-state index contributed by atoms with van der Waals surface area (Å²) < 4.78 is 10.7. The molecule has 0 spiro atoms. The van der Waals surface area contributed by atoms with E-state index in [0.717, 1.165) is 45.7 Å². The van der Waals surface area contributed by atoms with Gasteiger partial charge in [-0.25, -0.2) is 0 Å². The fourth-order valence-corrected chi connectivity index (χ4v) is 3.05. The van der Waals surface area contributed by atoms with Crippen LogP contribution in [0.25, 0.3) is 0 Å². The zero-order chi connectivity index (χ0) is 17.4. The molecule has 1 saturated heterocycles. The van der Waals surface area contributed by atoms with Crippen molar-refractivity contribution in [1.29, 1.82) is 0 Å². The lowest BCUT2D eigenvalue weighted by molar-refractivity contribution is 0.0628. The lowest BCUT2D eigenvalue weighted by Crippen LogP contribution is -2.49. The number of benzene rings is 1. The standard InChI is InChI=1S/C18H29N3O3/c1-23-15-7-6-8-16(24-2)17(15)18(22)21-13-11-20(12-14-21)10-5-3-4-9-19/h6-8H,3-5,9-14,19H2,1-2H3. The molecule has 1 aliphatic heterocycles. The van der Waals surface area contributed by atoms with Crippen LogP contribution in [0, 0.1) is 0 Å². The van der Waals surface area contributed by atoms with Crippen molar-refractivity contribution < 1.29 is 14.3 Å². The first-order valence-electron chi connectivity index (χ1n) is 8.64. The summed E-state index contributed by atoms with van der Waals surface area (Å²) in [5.74, 6) is 1.10. The van der Waals surface area contributed by atoms with Gasteiger partial charge in [0.1, 0.15) is 17.1 Å². The second-order valence-electron chi connectivity index (χ2n) is 6.02. The molecule has 0 aliphatic carbocycles. The summed E-state index contributed by atoms with van der Waals surface area (Å²) in [5.41, 5.74) is 6.04. The molecule has 134 valence electrons. The summed E-state index contributed by atoms with van der Waals surface area (Å²) in [4.78, 5) is 17.2. The van der Waals surface area contributed by atoms with Crippen LogP contribution in [-0.2, 0) is 0 Å². The molecule has 0 atom stereocenters. The molecule has 6 nitrogen and oxygen atoms in total. The maximum absolute atomic E-state index is 12.9. The van der Waals surface area contributed by atoms with Crippen molar-refractivity contribution in [3.8, 4) is 11.5 Å². The summed E-state index contributed by atoms with van der Waals surface area (Å²) >= 11 is 0. The van der Waals surface area contributed by atoms with Crippen molar-refractivity contribution >= 4 is 5.91 Å². The number of unbranched alkanes of at least 4 members (excludes halogenated alkanes) is 2. The van der Waals surface area contributed by atoms with Crippen LogP contribution in [0.1, 0.15) is 29.6 Å². The molecule has 1 aromatic carbocycles. The molecule has 0 unspecified atom stereocenters. The van der Waals surface area contributed by atoms with Crippen LogP contribution in [0.2, 0.25) is 0 Å². The number of ether oxygens (including phenoxy) is 2. The first-order valence-corrected chi connectivity index (χ1v) is 8.64. The van der Waals surface area contributed by atoms with Gasteiger partial charge in [-0.15, -0.1) is 0 Å². The van der Waals surface area contributed by atoms with Gasteiger partial charge in [0.25, 0.3) is 5.91 Å². The molecule has 0 radical (unpaired) electrons. The highest BCUT2D eigenvalue weighted by Gasteiger charge is 2.26. The molecule has 2 N–H and O–H groups in total. The Morgan fingerprint density at radius 1 is 1.04 bits per heavy atom. The predicted molar refractivity (Wildman–Crippen MR) is 94.8 cm³/mol. The smallest absolute Gasteiger partial charge is 0.261 e. The second-order valence-corrected chi connectivity index (χ2v) is 6.02. The maximum Gasteiger partial charge on any atom is 0.261 e. The van der Waals surface area contributed by atoms with Gasteiger partial charge in [-0.2, -0.15) is 0 Å². The number of carbonyl (C=O) groups is 1. The van der Waals surface area contributed by atoms with Crippen molar-refractivity contribution in [3.05, 3.63) is 23.8 Å². The average molecular weight is 335 g/mol. The van der Waals surface area contributed by atoms with Crippen molar-refractivity contribution in [3.63, 3.8) is 0 Å². The minimum absolute atomic E-state index is 0.0212. The Morgan fingerprint density at radius 3 is 2.21 bits per heavy atom. The zero-order valence-corrected chi connectivity index (χ0v) is 14.8. The minimum atomic E-state index is -0.0212. The van der Waals surface area contributed by atoms with Crippen molar-refractivity contribution in [2.45, 2.75) is 19.3 Å². The number of nitrogens with zero attached hydrogens (tertiary/aromatic N) is 2. The molecule has 6 heteroatoms.